The third-order valence-corrected chi connectivity index (χ3v) is 3.32. The van der Waals surface area contributed by atoms with Gasteiger partial charge in [0.2, 0.25) is 0 Å². The van der Waals surface area contributed by atoms with Crippen LogP contribution in [-0.2, 0) is 0 Å². The average Bonchev–Trinajstić information content (AvgIpc) is 3.01. The zero-order chi connectivity index (χ0) is 15.5. The van der Waals surface area contributed by atoms with Gasteiger partial charge in [-0.25, -0.2) is 4.98 Å². The highest BCUT2D eigenvalue weighted by atomic mass is 16.5. The minimum atomic E-state index is -0.222. The monoisotopic (exact) mass is 297 g/mol. The molecule has 0 bridgehead atoms. The lowest BCUT2D eigenvalue weighted by molar-refractivity contribution is 0.102. The summed E-state index contributed by atoms with van der Waals surface area (Å²) in [5.74, 6) is 0.872. The van der Waals surface area contributed by atoms with Crippen LogP contribution in [0.5, 0.6) is 11.5 Å². The highest BCUT2D eigenvalue weighted by Gasteiger charge is 2.11. The molecule has 1 heterocycles. The summed E-state index contributed by atoms with van der Waals surface area (Å²) < 4.78 is 10.4. The van der Waals surface area contributed by atoms with E-state index in [1.54, 1.807) is 31.6 Å². The molecule has 112 valence electrons. The maximum absolute atomic E-state index is 12.3. The third-order valence-electron chi connectivity index (χ3n) is 3.32. The molecule has 0 aliphatic rings. The van der Waals surface area contributed by atoms with Gasteiger partial charge in [0.1, 0.15) is 0 Å². The maximum atomic E-state index is 12.3. The van der Waals surface area contributed by atoms with E-state index in [1.807, 2.05) is 18.2 Å². The molecule has 0 fully saturated rings. The smallest absolute Gasteiger partial charge is 0.255 e. The van der Waals surface area contributed by atoms with E-state index in [9.17, 15) is 4.79 Å². The Bertz CT molecular complexity index is 826. The second-order valence-electron chi connectivity index (χ2n) is 4.66. The van der Waals surface area contributed by atoms with Crippen LogP contribution in [0, 0.1) is 0 Å². The molecule has 2 N–H and O–H groups in total. The van der Waals surface area contributed by atoms with Crippen LogP contribution >= 0.6 is 0 Å². The summed E-state index contributed by atoms with van der Waals surface area (Å²) in [5.41, 5.74) is 2.90. The number of aromatic nitrogens is 2. The molecule has 0 aliphatic carbocycles. The van der Waals surface area contributed by atoms with Gasteiger partial charge in [-0.3, -0.25) is 4.79 Å². The molecule has 6 heteroatoms. The van der Waals surface area contributed by atoms with Gasteiger partial charge in [-0.2, -0.15) is 0 Å². The van der Waals surface area contributed by atoms with Crippen molar-refractivity contribution >= 4 is 22.6 Å². The Kier molecular flexibility index (Phi) is 3.65. The summed E-state index contributed by atoms with van der Waals surface area (Å²) in [5, 5.41) is 2.85. The van der Waals surface area contributed by atoms with Crippen LogP contribution in [0.25, 0.3) is 11.0 Å². The van der Waals surface area contributed by atoms with E-state index in [2.05, 4.69) is 15.3 Å². The predicted octanol–water partition coefficient (Wildman–Crippen LogP) is 2.83. The summed E-state index contributed by atoms with van der Waals surface area (Å²) in [4.78, 5) is 19.5. The number of carbonyl (C=O) groups excluding carboxylic acids is 1. The van der Waals surface area contributed by atoms with Gasteiger partial charge in [-0.15, -0.1) is 0 Å². The van der Waals surface area contributed by atoms with Crippen LogP contribution < -0.4 is 14.8 Å². The van der Waals surface area contributed by atoms with Crippen molar-refractivity contribution in [2.75, 3.05) is 19.5 Å². The van der Waals surface area contributed by atoms with Crippen LogP contribution in [0.4, 0.5) is 5.69 Å². The van der Waals surface area contributed by atoms with Crippen molar-refractivity contribution in [3.63, 3.8) is 0 Å². The summed E-state index contributed by atoms with van der Waals surface area (Å²) in [7, 11) is 3.09. The minimum Gasteiger partial charge on any atom is -0.493 e. The number of carbonyl (C=O) groups is 1. The predicted molar refractivity (Wildman–Crippen MR) is 83.6 cm³/mol. The van der Waals surface area contributed by atoms with Gasteiger partial charge in [-0.05, 0) is 36.4 Å². The molecule has 1 amide bonds. The molecule has 0 radical (unpaired) electrons. The van der Waals surface area contributed by atoms with Gasteiger partial charge in [-0.1, -0.05) is 0 Å². The van der Waals surface area contributed by atoms with E-state index in [1.165, 1.54) is 7.11 Å². The van der Waals surface area contributed by atoms with Gasteiger partial charge in [0.25, 0.3) is 5.91 Å². The van der Waals surface area contributed by atoms with Crippen molar-refractivity contribution < 1.29 is 14.3 Å². The topological polar surface area (TPSA) is 76.2 Å². The number of H-pyrrole nitrogens is 1. The second-order valence-corrected chi connectivity index (χ2v) is 4.66. The Morgan fingerprint density at radius 2 is 1.91 bits per heavy atom. The number of anilines is 1. The quantitative estimate of drug-likeness (QED) is 0.776. The SMILES string of the molecule is COc1ccc(C(=O)Nc2ccc3nc[nH]c3c2)cc1OC. The average molecular weight is 297 g/mol. The van der Waals surface area contributed by atoms with Gasteiger partial charge in [0, 0.05) is 11.3 Å². The number of methoxy groups -OCH3 is 2. The molecule has 3 rings (SSSR count). The molecule has 0 saturated heterocycles. The fraction of sp³-hybridized carbons (Fsp3) is 0.125. The van der Waals surface area contributed by atoms with Crippen molar-refractivity contribution in [3.8, 4) is 11.5 Å². The molecule has 0 aliphatic heterocycles. The molecule has 22 heavy (non-hydrogen) atoms. The Balaban J connectivity index is 1.84. The maximum Gasteiger partial charge on any atom is 0.255 e. The number of imidazole rings is 1. The molecule has 0 atom stereocenters. The highest BCUT2D eigenvalue weighted by molar-refractivity contribution is 6.05. The normalized spacial score (nSPS) is 10.5. The number of ether oxygens (including phenoxy) is 2. The van der Waals surface area contributed by atoms with E-state index in [4.69, 9.17) is 9.47 Å². The summed E-state index contributed by atoms with van der Waals surface area (Å²) in [6, 6.07) is 10.5. The fourth-order valence-corrected chi connectivity index (χ4v) is 2.19. The summed E-state index contributed by atoms with van der Waals surface area (Å²) in [6.45, 7) is 0. The first kappa shape index (κ1) is 13.9. The Morgan fingerprint density at radius 3 is 2.68 bits per heavy atom. The first-order valence-electron chi connectivity index (χ1n) is 6.68. The number of nitrogens with one attached hydrogen (secondary N) is 2. The molecular weight excluding hydrogens is 282 g/mol. The Hall–Kier alpha value is -3.02. The number of rotatable bonds is 4. The minimum absolute atomic E-state index is 0.222. The lowest BCUT2D eigenvalue weighted by atomic mass is 10.1. The summed E-state index contributed by atoms with van der Waals surface area (Å²) in [6.07, 6.45) is 1.62. The molecule has 0 unspecified atom stereocenters. The van der Waals surface area contributed by atoms with Gasteiger partial charge in [0.05, 0.1) is 31.6 Å². The number of amides is 1. The lowest BCUT2D eigenvalue weighted by Crippen LogP contribution is -2.12. The van der Waals surface area contributed by atoms with E-state index < -0.39 is 0 Å². The van der Waals surface area contributed by atoms with Gasteiger partial charge >= 0.3 is 0 Å². The standard InChI is InChI=1S/C16H15N3O3/c1-21-14-6-3-10(7-15(14)22-2)16(20)19-11-4-5-12-13(8-11)18-9-17-12/h3-9H,1-2H3,(H,17,18)(H,19,20). The van der Waals surface area contributed by atoms with Gasteiger partial charge in [0.15, 0.2) is 11.5 Å². The zero-order valence-electron chi connectivity index (χ0n) is 12.2. The van der Waals surface area contributed by atoms with Crippen molar-refractivity contribution in [1.82, 2.24) is 9.97 Å². The van der Waals surface area contributed by atoms with E-state index in [0.717, 1.165) is 11.0 Å². The number of nitrogens with zero attached hydrogens (tertiary/aromatic N) is 1. The van der Waals surface area contributed by atoms with Crippen molar-refractivity contribution in [1.29, 1.82) is 0 Å². The molecule has 0 saturated carbocycles. The van der Waals surface area contributed by atoms with Crippen LogP contribution in [0.2, 0.25) is 0 Å². The highest BCUT2D eigenvalue weighted by Crippen LogP contribution is 2.28. The van der Waals surface area contributed by atoms with E-state index in [0.29, 0.717) is 22.7 Å². The molecular formula is C16H15N3O3. The number of aromatic amines is 1. The number of fused-ring (bicyclic) bond motifs is 1. The van der Waals surface area contributed by atoms with Gasteiger partial charge < -0.3 is 19.8 Å². The van der Waals surface area contributed by atoms with Crippen molar-refractivity contribution in [3.05, 3.63) is 48.3 Å². The molecule has 0 spiro atoms. The van der Waals surface area contributed by atoms with Crippen molar-refractivity contribution in [2.24, 2.45) is 0 Å². The van der Waals surface area contributed by atoms with Crippen LogP contribution in [0.15, 0.2) is 42.7 Å². The van der Waals surface area contributed by atoms with Crippen molar-refractivity contribution in [2.45, 2.75) is 0 Å². The van der Waals surface area contributed by atoms with Crippen LogP contribution in [0.3, 0.4) is 0 Å². The summed E-state index contributed by atoms with van der Waals surface area (Å²) >= 11 is 0. The second kappa shape index (κ2) is 5.77. The number of hydrogen-bond donors (Lipinski definition) is 2. The van der Waals surface area contributed by atoms with Crippen LogP contribution in [0.1, 0.15) is 10.4 Å². The van der Waals surface area contributed by atoms with Crippen LogP contribution in [-0.4, -0.2) is 30.1 Å². The number of hydrogen-bond acceptors (Lipinski definition) is 4. The van der Waals surface area contributed by atoms with E-state index >= 15 is 0 Å². The molecule has 3 aromatic rings. The largest absolute Gasteiger partial charge is 0.493 e. The first-order chi connectivity index (χ1) is 10.7. The Morgan fingerprint density at radius 1 is 1.09 bits per heavy atom. The third kappa shape index (κ3) is 2.58. The number of benzene rings is 2. The molecule has 6 nitrogen and oxygen atoms in total. The first-order valence-corrected chi connectivity index (χ1v) is 6.68. The zero-order valence-corrected chi connectivity index (χ0v) is 12.2. The lowest BCUT2D eigenvalue weighted by Gasteiger charge is -2.10. The molecule has 1 aromatic heterocycles. The molecule has 2 aromatic carbocycles. The fourth-order valence-electron chi connectivity index (χ4n) is 2.19. The Labute approximate surface area is 127 Å². The van der Waals surface area contributed by atoms with E-state index in [-0.39, 0.29) is 5.91 Å².